The normalized spacial score (nSPS) is 16.9. The number of hydrogen-bond donors (Lipinski definition) is 5. The molecule has 0 saturated heterocycles. The number of carbonyl (C=O) groups is 4. The number of carboxylic acid groups (broad SMARTS) is 4. The molecule has 0 spiro atoms. The summed E-state index contributed by atoms with van der Waals surface area (Å²) in [6.07, 6.45) is -2.57. The molecule has 0 rings (SSSR count). The summed E-state index contributed by atoms with van der Waals surface area (Å²) >= 11 is 0. The summed E-state index contributed by atoms with van der Waals surface area (Å²) in [5, 5.41) is 34.3. The zero-order valence-electron chi connectivity index (χ0n) is 9.29. The van der Waals surface area contributed by atoms with Crippen molar-refractivity contribution < 1.29 is 49.1 Å². The van der Waals surface area contributed by atoms with Gasteiger partial charge in [0.2, 0.25) is 7.37 Å². The maximum Gasteiger partial charge on any atom is 0.316 e. The molecule has 0 aliphatic rings. The fraction of sp³-hybridized carbons (Fsp3) is 0.500. The number of carboxylic acids is 4. The molecular formula is C8H11O10P. The van der Waals surface area contributed by atoms with E-state index >= 15 is 0 Å². The molecule has 0 heterocycles. The Hall–Kier alpha value is -1.93. The fourth-order valence-electron chi connectivity index (χ4n) is 1.30. The summed E-state index contributed by atoms with van der Waals surface area (Å²) in [5.41, 5.74) is -4.77. The monoisotopic (exact) mass is 298 g/mol. The van der Waals surface area contributed by atoms with Crippen molar-refractivity contribution in [2.24, 2.45) is 0 Å². The zero-order chi connectivity index (χ0) is 15.4. The van der Waals surface area contributed by atoms with Gasteiger partial charge in [0.1, 0.15) is 11.3 Å². The van der Waals surface area contributed by atoms with E-state index in [9.17, 15) is 28.6 Å². The molecule has 0 fully saturated rings. The van der Waals surface area contributed by atoms with E-state index in [1.165, 1.54) is 0 Å². The lowest BCUT2D eigenvalue weighted by Crippen LogP contribution is -2.33. The molecule has 108 valence electrons. The van der Waals surface area contributed by atoms with Crippen molar-refractivity contribution in [1.82, 2.24) is 0 Å². The molecule has 11 heteroatoms. The molecule has 2 atom stereocenters. The van der Waals surface area contributed by atoms with Crippen molar-refractivity contribution in [1.29, 1.82) is 0 Å². The molecule has 0 aromatic heterocycles. The molecule has 0 aromatic rings. The van der Waals surface area contributed by atoms with Crippen molar-refractivity contribution in [2.45, 2.75) is 24.2 Å². The first-order valence-corrected chi connectivity index (χ1v) is 6.51. The maximum atomic E-state index is 11.8. The minimum atomic E-state index is -5.09. The van der Waals surface area contributed by atoms with Gasteiger partial charge in [-0.1, -0.05) is 0 Å². The third kappa shape index (κ3) is 4.68. The van der Waals surface area contributed by atoms with Crippen LogP contribution in [0.4, 0.5) is 0 Å². The van der Waals surface area contributed by atoms with Gasteiger partial charge in [-0.05, 0) is 0 Å². The van der Waals surface area contributed by atoms with E-state index in [0.717, 1.165) is 0 Å². The molecular weight excluding hydrogens is 287 g/mol. The predicted molar refractivity (Wildman–Crippen MR) is 57.2 cm³/mol. The van der Waals surface area contributed by atoms with Crippen LogP contribution in [0.15, 0.2) is 0 Å². The second-order valence-electron chi connectivity index (χ2n) is 3.58. The van der Waals surface area contributed by atoms with Gasteiger partial charge in [0, 0.05) is 0 Å². The SMILES string of the molecule is O=C(O)CC(C(=O)O)P(=O)(O)C(CC(=O)O)C(=O)O. The first-order valence-electron chi connectivity index (χ1n) is 4.71. The van der Waals surface area contributed by atoms with Crippen LogP contribution in [0, 0.1) is 0 Å². The largest absolute Gasteiger partial charge is 0.481 e. The highest BCUT2D eigenvalue weighted by molar-refractivity contribution is 7.61. The Bertz CT molecular complexity index is 416. The molecule has 0 aromatic carbocycles. The Labute approximate surface area is 105 Å². The second-order valence-corrected chi connectivity index (χ2v) is 6.17. The van der Waals surface area contributed by atoms with E-state index in [0.29, 0.717) is 0 Å². The van der Waals surface area contributed by atoms with Gasteiger partial charge in [0.25, 0.3) is 0 Å². The van der Waals surface area contributed by atoms with Crippen molar-refractivity contribution in [3.05, 3.63) is 0 Å². The van der Waals surface area contributed by atoms with Gasteiger partial charge < -0.3 is 25.3 Å². The fourth-order valence-corrected chi connectivity index (χ4v) is 3.20. The molecule has 0 bridgehead atoms. The van der Waals surface area contributed by atoms with E-state index in [1.54, 1.807) is 0 Å². The molecule has 0 aliphatic heterocycles. The van der Waals surface area contributed by atoms with Crippen LogP contribution in [0.2, 0.25) is 0 Å². The molecule has 5 N–H and O–H groups in total. The molecule has 0 radical (unpaired) electrons. The Morgan fingerprint density at radius 3 is 1.21 bits per heavy atom. The molecule has 0 amide bonds. The predicted octanol–water partition coefficient (Wildman–Crippen LogP) is -0.887. The van der Waals surface area contributed by atoms with Gasteiger partial charge in [-0.2, -0.15) is 0 Å². The summed E-state index contributed by atoms with van der Waals surface area (Å²) in [7, 11) is -5.09. The van der Waals surface area contributed by atoms with Crippen molar-refractivity contribution in [3.63, 3.8) is 0 Å². The topological polar surface area (TPSA) is 186 Å². The van der Waals surface area contributed by atoms with Crippen molar-refractivity contribution >= 4 is 31.2 Å². The minimum Gasteiger partial charge on any atom is -0.481 e. The molecule has 10 nitrogen and oxygen atoms in total. The van der Waals surface area contributed by atoms with E-state index < -0.39 is 55.4 Å². The maximum absolute atomic E-state index is 11.8. The first-order chi connectivity index (χ1) is 8.50. The molecule has 2 unspecified atom stereocenters. The van der Waals surface area contributed by atoms with Gasteiger partial charge >= 0.3 is 23.9 Å². The van der Waals surface area contributed by atoms with Gasteiger partial charge in [-0.3, -0.25) is 23.7 Å². The van der Waals surface area contributed by atoms with Crippen LogP contribution >= 0.6 is 7.37 Å². The van der Waals surface area contributed by atoms with Crippen LogP contribution in [0.25, 0.3) is 0 Å². The van der Waals surface area contributed by atoms with Crippen molar-refractivity contribution in [2.75, 3.05) is 0 Å². The highest BCUT2D eigenvalue weighted by Gasteiger charge is 2.49. The van der Waals surface area contributed by atoms with Crippen molar-refractivity contribution in [3.8, 4) is 0 Å². The van der Waals surface area contributed by atoms with E-state index in [2.05, 4.69) is 0 Å². The third-order valence-corrected chi connectivity index (χ3v) is 4.79. The number of hydrogen-bond acceptors (Lipinski definition) is 5. The standard InChI is InChI=1S/C8H11O10P/c9-5(10)1-3(7(13)14)19(17,18)4(8(15)16)2-6(11)12/h3-4H,1-2H2,(H,9,10)(H,11,12)(H,13,14)(H,15,16)(H,17,18). The lowest BCUT2D eigenvalue weighted by Gasteiger charge is -2.22. The summed E-state index contributed by atoms with van der Waals surface area (Å²) in [6, 6.07) is 0. The lowest BCUT2D eigenvalue weighted by molar-refractivity contribution is -0.144. The Morgan fingerprint density at radius 2 is 1.05 bits per heavy atom. The van der Waals surface area contributed by atoms with Crippen LogP contribution in [0.3, 0.4) is 0 Å². The first kappa shape index (κ1) is 17.1. The Balaban J connectivity index is 5.52. The lowest BCUT2D eigenvalue weighted by atomic mass is 10.3. The quantitative estimate of drug-likeness (QED) is 0.352. The number of aliphatic carboxylic acids is 4. The smallest absolute Gasteiger partial charge is 0.316 e. The van der Waals surface area contributed by atoms with E-state index in [-0.39, 0.29) is 0 Å². The Kier molecular flexibility index (Phi) is 5.66. The summed E-state index contributed by atoms with van der Waals surface area (Å²) in [5.74, 6) is -7.41. The van der Waals surface area contributed by atoms with Crippen LogP contribution in [-0.2, 0) is 23.7 Å². The summed E-state index contributed by atoms with van der Waals surface area (Å²) in [6.45, 7) is 0. The zero-order valence-corrected chi connectivity index (χ0v) is 10.2. The van der Waals surface area contributed by atoms with Gasteiger partial charge in [-0.25, -0.2) is 0 Å². The highest BCUT2D eigenvalue weighted by Crippen LogP contribution is 2.54. The molecule has 0 aliphatic carbocycles. The molecule has 0 saturated carbocycles. The highest BCUT2D eigenvalue weighted by atomic mass is 31.2. The van der Waals surface area contributed by atoms with Crippen LogP contribution in [-0.4, -0.2) is 60.5 Å². The average Bonchev–Trinajstić information content (AvgIpc) is 2.20. The van der Waals surface area contributed by atoms with Gasteiger partial charge in [0.15, 0.2) is 0 Å². The Morgan fingerprint density at radius 1 is 0.789 bits per heavy atom. The minimum absolute atomic E-state index is 1.29. The van der Waals surface area contributed by atoms with Gasteiger partial charge in [-0.15, -0.1) is 0 Å². The number of rotatable bonds is 8. The van der Waals surface area contributed by atoms with Crippen LogP contribution in [0.1, 0.15) is 12.8 Å². The second kappa shape index (κ2) is 6.30. The third-order valence-electron chi connectivity index (χ3n) is 2.20. The van der Waals surface area contributed by atoms with Gasteiger partial charge in [0.05, 0.1) is 12.8 Å². The van der Waals surface area contributed by atoms with E-state index in [4.69, 9.17) is 20.4 Å². The van der Waals surface area contributed by atoms with Crippen LogP contribution < -0.4 is 0 Å². The summed E-state index contributed by atoms with van der Waals surface area (Å²) in [4.78, 5) is 51.9. The van der Waals surface area contributed by atoms with E-state index in [1.807, 2.05) is 0 Å². The van der Waals surface area contributed by atoms with Crippen LogP contribution in [0.5, 0.6) is 0 Å². The molecule has 19 heavy (non-hydrogen) atoms. The summed E-state index contributed by atoms with van der Waals surface area (Å²) < 4.78 is 11.8. The average molecular weight is 298 g/mol.